The maximum Gasteiger partial charge on any atom is 0.295 e. The molecule has 0 saturated carbocycles. The molecular formula is C24H28N2O4. The van der Waals surface area contributed by atoms with Gasteiger partial charge in [0.25, 0.3) is 11.7 Å². The third-order valence-corrected chi connectivity index (χ3v) is 5.28. The monoisotopic (exact) mass is 408 g/mol. The van der Waals surface area contributed by atoms with Crippen molar-refractivity contribution in [2.45, 2.75) is 19.4 Å². The summed E-state index contributed by atoms with van der Waals surface area (Å²) in [6.45, 7) is 3.20. The smallest absolute Gasteiger partial charge is 0.295 e. The number of methoxy groups -OCH3 is 1. The fraction of sp³-hybridized carbons (Fsp3) is 0.333. The lowest BCUT2D eigenvalue weighted by molar-refractivity contribution is -0.139. The molecule has 0 unspecified atom stereocenters. The average molecular weight is 408 g/mol. The molecule has 2 aromatic rings. The lowest BCUT2D eigenvalue weighted by Crippen LogP contribution is -2.32. The van der Waals surface area contributed by atoms with Crippen LogP contribution >= 0.6 is 0 Å². The predicted molar refractivity (Wildman–Crippen MR) is 116 cm³/mol. The van der Waals surface area contributed by atoms with Gasteiger partial charge in [0.15, 0.2) is 0 Å². The highest BCUT2D eigenvalue weighted by atomic mass is 16.5. The molecule has 1 atom stereocenters. The Hall–Kier alpha value is -3.12. The van der Waals surface area contributed by atoms with Gasteiger partial charge in [-0.2, -0.15) is 0 Å². The van der Waals surface area contributed by atoms with Crippen molar-refractivity contribution in [3.8, 4) is 5.75 Å². The van der Waals surface area contributed by atoms with E-state index >= 15 is 0 Å². The van der Waals surface area contributed by atoms with Crippen LogP contribution in [0.5, 0.6) is 5.75 Å². The number of aryl methyl sites for hydroxylation is 1. The number of carbonyl (C=O) groups excluding carboxylic acids is 2. The topological polar surface area (TPSA) is 70.1 Å². The molecule has 2 aromatic carbocycles. The van der Waals surface area contributed by atoms with Gasteiger partial charge < -0.3 is 19.6 Å². The van der Waals surface area contributed by atoms with E-state index in [4.69, 9.17) is 4.74 Å². The van der Waals surface area contributed by atoms with Gasteiger partial charge in [0.05, 0.1) is 18.7 Å². The lowest BCUT2D eigenvalue weighted by atomic mass is 9.94. The van der Waals surface area contributed by atoms with Gasteiger partial charge in [-0.25, -0.2) is 0 Å². The van der Waals surface area contributed by atoms with Crippen molar-refractivity contribution >= 4 is 17.4 Å². The van der Waals surface area contributed by atoms with Crippen LogP contribution in [0, 0.1) is 6.92 Å². The summed E-state index contributed by atoms with van der Waals surface area (Å²) in [7, 11) is 5.47. The van der Waals surface area contributed by atoms with Crippen LogP contribution in [-0.4, -0.2) is 60.9 Å². The van der Waals surface area contributed by atoms with Crippen molar-refractivity contribution in [1.82, 2.24) is 9.80 Å². The van der Waals surface area contributed by atoms with Crippen LogP contribution in [-0.2, 0) is 9.59 Å². The maximum absolute atomic E-state index is 13.0. The number of likely N-dealkylation sites (tertiary alicyclic amines) is 1. The van der Waals surface area contributed by atoms with Crippen LogP contribution in [0.2, 0.25) is 0 Å². The molecule has 3 rings (SSSR count). The number of ketones is 1. The average Bonchev–Trinajstić information content (AvgIpc) is 2.98. The van der Waals surface area contributed by atoms with Gasteiger partial charge in [-0.15, -0.1) is 0 Å². The van der Waals surface area contributed by atoms with E-state index in [-0.39, 0.29) is 11.3 Å². The zero-order chi connectivity index (χ0) is 21.8. The number of ether oxygens (including phenoxy) is 1. The summed E-state index contributed by atoms with van der Waals surface area (Å²) in [5, 5.41) is 11.1. The molecule has 1 fully saturated rings. The first-order valence-corrected chi connectivity index (χ1v) is 9.97. The Bertz CT molecular complexity index is 963. The normalized spacial score (nSPS) is 18.3. The summed E-state index contributed by atoms with van der Waals surface area (Å²) in [6, 6.07) is 13.9. The number of carbonyl (C=O) groups is 2. The minimum absolute atomic E-state index is 0.113. The van der Waals surface area contributed by atoms with E-state index in [1.165, 1.54) is 7.11 Å². The molecule has 0 radical (unpaired) electrons. The number of aliphatic hydroxyl groups is 1. The Balaban J connectivity index is 2.09. The molecule has 6 heteroatoms. The van der Waals surface area contributed by atoms with Crippen molar-refractivity contribution in [3.63, 3.8) is 0 Å². The summed E-state index contributed by atoms with van der Waals surface area (Å²) in [5.74, 6) is -0.867. The number of hydrogen-bond donors (Lipinski definition) is 1. The molecule has 6 nitrogen and oxygen atoms in total. The van der Waals surface area contributed by atoms with Crippen molar-refractivity contribution in [3.05, 3.63) is 70.8 Å². The summed E-state index contributed by atoms with van der Waals surface area (Å²) in [4.78, 5) is 29.5. The Morgan fingerprint density at radius 1 is 1.13 bits per heavy atom. The number of benzene rings is 2. The van der Waals surface area contributed by atoms with Crippen molar-refractivity contribution < 1.29 is 19.4 Å². The largest absolute Gasteiger partial charge is 0.507 e. The molecule has 158 valence electrons. The number of Topliss-reactive ketones (excluding diaryl/α,β-unsaturated/α-hetero) is 1. The Kier molecular flexibility index (Phi) is 6.57. The predicted octanol–water partition coefficient (Wildman–Crippen LogP) is 3.38. The molecule has 1 aliphatic heterocycles. The van der Waals surface area contributed by atoms with E-state index in [0.717, 1.165) is 24.1 Å². The molecule has 1 amide bonds. The molecule has 30 heavy (non-hydrogen) atoms. The molecule has 1 aliphatic rings. The highest BCUT2D eigenvalue weighted by molar-refractivity contribution is 6.46. The first-order chi connectivity index (χ1) is 14.3. The molecule has 0 bridgehead atoms. The van der Waals surface area contributed by atoms with E-state index in [1.54, 1.807) is 29.2 Å². The second kappa shape index (κ2) is 9.13. The van der Waals surface area contributed by atoms with Gasteiger partial charge in [-0.3, -0.25) is 9.59 Å². The third kappa shape index (κ3) is 4.39. The summed E-state index contributed by atoms with van der Waals surface area (Å²) < 4.78 is 5.24. The standard InChI is InChI=1S/C24H28N2O4/c1-16-9-11-17(12-10-16)21-20(22(27)18-7-5-8-19(15-18)30-4)23(28)24(29)26(21)14-6-13-25(2)3/h5,7-12,15,21,27H,6,13-14H2,1-4H3/t21-/m0/s1. The van der Waals surface area contributed by atoms with E-state index in [0.29, 0.717) is 17.9 Å². The Morgan fingerprint density at radius 2 is 1.83 bits per heavy atom. The van der Waals surface area contributed by atoms with Gasteiger partial charge in [0.2, 0.25) is 0 Å². The molecule has 0 aliphatic carbocycles. The van der Waals surface area contributed by atoms with Crippen LogP contribution in [0.1, 0.15) is 29.2 Å². The molecule has 0 spiro atoms. The number of aliphatic hydroxyl groups excluding tert-OH is 1. The van der Waals surface area contributed by atoms with Crippen molar-refractivity contribution in [1.29, 1.82) is 0 Å². The van der Waals surface area contributed by atoms with Crippen LogP contribution in [0.4, 0.5) is 0 Å². The molecule has 0 aromatic heterocycles. The number of rotatable bonds is 7. The molecular weight excluding hydrogens is 380 g/mol. The second-order valence-electron chi connectivity index (χ2n) is 7.79. The zero-order valence-corrected chi connectivity index (χ0v) is 17.9. The Labute approximate surface area is 177 Å². The highest BCUT2D eigenvalue weighted by Crippen LogP contribution is 2.39. The third-order valence-electron chi connectivity index (χ3n) is 5.28. The lowest BCUT2D eigenvalue weighted by Gasteiger charge is -2.26. The van der Waals surface area contributed by atoms with E-state index in [9.17, 15) is 14.7 Å². The van der Waals surface area contributed by atoms with Crippen molar-refractivity contribution in [2.75, 3.05) is 34.3 Å². The Morgan fingerprint density at radius 3 is 2.47 bits per heavy atom. The minimum Gasteiger partial charge on any atom is -0.507 e. The zero-order valence-electron chi connectivity index (χ0n) is 17.9. The molecule has 1 heterocycles. The summed E-state index contributed by atoms with van der Waals surface area (Å²) in [5.41, 5.74) is 2.44. The highest BCUT2D eigenvalue weighted by Gasteiger charge is 2.45. The van der Waals surface area contributed by atoms with Gasteiger partial charge in [0.1, 0.15) is 11.5 Å². The number of nitrogens with zero attached hydrogens (tertiary/aromatic N) is 2. The summed E-state index contributed by atoms with van der Waals surface area (Å²) >= 11 is 0. The van der Waals surface area contributed by atoms with E-state index < -0.39 is 17.7 Å². The number of amides is 1. The second-order valence-corrected chi connectivity index (χ2v) is 7.79. The van der Waals surface area contributed by atoms with Gasteiger partial charge in [-0.05, 0) is 51.7 Å². The van der Waals surface area contributed by atoms with E-state index in [1.807, 2.05) is 50.2 Å². The van der Waals surface area contributed by atoms with Gasteiger partial charge in [-0.1, -0.05) is 42.0 Å². The number of hydrogen-bond acceptors (Lipinski definition) is 5. The fourth-order valence-electron chi connectivity index (χ4n) is 3.69. The first kappa shape index (κ1) is 21.6. The van der Waals surface area contributed by atoms with Gasteiger partial charge >= 0.3 is 0 Å². The van der Waals surface area contributed by atoms with Gasteiger partial charge in [0, 0.05) is 12.1 Å². The van der Waals surface area contributed by atoms with Crippen molar-refractivity contribution in [2.24, 2.45) is 0 Å². The minimum atomic E-state index is -0.661. The summed E-state index contributed by atoms with van der Waals surface area (Å²) in [6.07, 6.45) is 0.724. The first-order valence-electron chi connectivity index (χ1n) is 9.97. The maximum atomic E-state index is 13.0. The quantitative estimate of drug-likeness (QED) is 0.432. The SMILES string of the molecule is COc1cccc(C(O)=C2C(=O)C(=O)N(CCCN(C)C)[C@H]2c2ccc(C)cc2)c1. The fourth-order valence-corrected chi connectivity index (χ4v) is 3.69. The molecule has 1 saturated heterocycles. The van der Waals surface area contributed by atoms with E-state index in [2.05, 4.69) is 0 Å². The van der Waals surface area contributed by atoms with Crippen LogP contribution in [0.15, 0.2) is 54.1 Å². The van der Waals surface area contributed by atoms with Crippen LogP contribution < -0.4 is 4.74 Å². The van der Waals surface area contributed by atoms with Crippen LogP contribution in [0.25, 0.3) is 5.76 Å². The van der Waals surface area contributed by atoms with Crippen LogP contribution in [0.3, 0.4) is 0 Å². The molecule has 1 N–H and O–H groups in total.